The molecule has 2 amide bonds. The second-order valence-electron chi connectivity index (χ2n) is 6.92. The fourth-order valence-corrected chi connectivity index (χ4v) is 3.11. The second kappa shape index (κ2) is 12.4. The number of methoxy groups -OCH3 is 1. The summed E-state index contributed by atoms with van der Waals surface area (Å²) in [4.78, 5) is 24.6. The monoisotopic (exact) mass is 484 g/mol. The number of carbonyl (C=O) groups is 2. The lowest BCUT2D eigenvalue weighted by Gasteiger charge is -2.14. The highest BCUT2D eigenvalue weighted by Gasteiger charge is 2.13. The van der Waals surface area contributed by atoms with Crippen molar-refractivity contribution in [3.05, 3.63) is 82.9 Å². The maximum absolute atomic E-state index is 12.5. The number of carbonyl (C=O) groups excluding carboxylic acids is 2. The van der Waals surface area contributed by atoms with E-state index in [1.54, 1.807) is 42.5 Å². The van der Waals surface area contributed by atoms with Gasteiger partial charge in [-0.25, -0.2) is 0 Å². The van der Waals surface area contributed by atoms with E-state index in [-0.39, 0.29) is 18.8 Å². The molecule has 9 heteroatoms. The van der Waals surface area contributed by atoms with E-state index in [2.05, 4.69) is 10.9 Å². The molecule has 0 saturated heterocycles. The molecule has 3 aromatic rings. The fourth-order valence-electron chi connectivity index (χ4n) is 2.92. The standard InChI is InChI=1S/C25H25ClN2O6/c1-3-32-20-10-6-7-11-21(20)34-16-24(29)27-28-25(30)17-12-13-22(23(14-17)31-2)33-15-18-8-4-5-9-19(18)26/h4-14H,3,15-16H2,1-2H3,(H,27,29)(H,28,30). The molecule has 178 valence electrons. The van der Waals surface area contributed by atoms with Gasteiger partial charge in [0, 0.05) is 16.1 Å². The van der Waals surface area contributed by atoms with Gasteiger partial charge in [0.05, 0.1) is 13.7 Å². The van der Waals surface area contributed by atoms with Gasteiger partial charge in [-0.2, -0.15) is 0 Å². The normalized spacial score (nSPS) is 10.2. The molecule has 3 aromatic carbocycles. The summed E-state index contributed by atoms with van der Waals surface area (Å²) in [7, 11) is 1.47. The third-order valence-electron chi connectivity index (χ3n) is 4.59. The van der Waals surface area contributed by atoms with Crippen LogP contribution in [0.25, 0.3) is 0 Å². The Morgan fingerprint density at radius 1 is 0.824 bits per heavy atom. The maximum Gasteiger partial charge on any atom is 0.276 e. The van der Waals surface area contributed by atoms with Gasteiger partial charge >= 0.3 is 0 Å². The van der Waals surface area contributed by atoms with Crippen LogP contribution in [0.3, 0.4) is 0 Å². The van der Waals surface area contributed by atoms with Crippen LogP contribution in [0.5, 0.6) is 23.0 Å². The summed E-state index contributed by atoms with van der Waals surface area (Å²) in [5, 5.41) is 0.596. The number of ether oxygens (including phenoxy) is 4. The average Bonchev–Trinajstić information content (AvgIpc) is 2.86. The Morgan fingerprint density at radius 3 is 2.21 bits per heavy atom. The number of para-hydroxylation sites is 2. The van der Waals surface area contributed by atoms with Gasteiger partial charge in [0.15, 0.2) is 29.6 Å². The minimum atomic E-state index is -0.536. The van der Waals surface area contributed by atoms with Crippen LogP contribution in [0.4, 0.5) is 0 Å². The smallest absolute Gasteiger partial charge is 0.276 e. The first-order valence-corrected chi connectivity index (χ1v) is 10.9. The van der Waals surface area contributed by atoms with E-state index in [1.165, 1.54) is 13.2 Å². The van der Waals surface area contributed by atoms with E-state index in [4.69, 9.17) is 30.5 Å². The number of rotatable bonds is 10. The summed E-state index contributed by atoms with van der Waals surface area (Å²) >= 11 is 6.16. The molecule has 0 heterocycles. The van der Waals surface area contributed by atoms with Crippen molar-refractivity contribution in [1.29, 1.82) is 0 Å². The SMILES string of the molecule is CCOc1ccccc1OCC(=O)NNC(=O)c1ccc(OCc2ccccc2Cl)c(OC)c1. The summed E-state index contributed by atoms with van der Waals surface area (Å²) in [6, 6.07) is 19.0. The number of hydrogen-bond donors (Lipinski definition) is 2. The number of benzene rings is 3. The molecule has 0 spiro atoms. The van der Waals surface area contributed by atoms with Gasteiger partial charge in [-0.15, -0.1) is 0 Å². The molecule has 0 unspecified atom stereocenters. The summed E-state index contributed by atoms with van der Waals surface area (Å²) in [6.45, 7) is 2.26. The first-order valence-electron chi connectivity index (χ1n) is 10.5. The lowest BCUT2D eigenvalue weighted by atomic mass is 10.2. The molecular weight excluding hydrogens is 460 g/mol. The molecule has 2 N–H and O–H groups in total. The van der Waals surface area contributed by atoms with Crippen LogP contribution in [0.1, 0.15) is 22.8 Å². The largest absolute Gasteiger partial charge is 0.493 e. The van der Waals surface area contributed by atoms with Gasteiger partial charge in [-0.05, 0) is 43.3 Å². The Bertz CT molecular complexity index is 1140. The van der Waals surface area contributed by atoms with E-state index in [9.17, 15) is 9.59 Å². The summed E-state index contributed by atoms with van der Waals surface area (Å²) in [5.41, 5.74) is 5.75. The molecule has 0 bridgehead atoms. The Kier molecular flexibility index (Phi) is 8.99. The zero-order valence-corrected chi connectivity index (χ0v) is 19.6. The van der Waals surface area contributed by atoms with E-state index in [1.807, 2.05) is 25.1 Å². The molecule has 0 aliphatic rings. The van der Waals surface area contributed by atoms with Crippen molar-refractivity contribution in [2.45, 2.75) is 13.5 Å². The van der Waals surface area contributed by atoms with E-state index >= 15 is 0 Å². The van der Waals surface area contributed by atoms with Crippen LogP contribution in [0.15, 0.2) is 66.7 Å². The Hall–Kier alpha value is -3.91. The topological polar surface area (TPSA) is 95.1 Å². The maximum atomic E-state index is 12.5. The average molecular weight is 485 g/mol. The molecule has 8 nitrogen and oxygen atoms in total. The molecule has 0 aromatic heterocycles. The number of nitrogens with one attached hydrogen (secondary N) is 2. The second-order valence-corrected chi connectivity index (χ2v) is 7.32. The fraction of sp³-hybridized carbons (Fsp3) is 0.200. The number of hydrazine groups is 1. The van der Waals surface area contributed by atoms with Crippen molar-refractivity contribution in [1.82, 2.24) is 10.9 Å². The van der Waals surface area contributed by atoms with Crippen LogP contribution in [-0.2, 0) is 11.4 Å². The van der Waals surface area contributed by atoms with Gasteiger partial charge in [-0.1, -0.05) is 41.9 Å². The molecule has 34 heavy (non-hydrogen) atoms. The van der Waals surface area contributed by atoms with Crippen molar-refractivity contribution < 1.29 is 28.5 Å². The van der Waals surface area contributed by atoms with E-state index < -0.39 is 11.8 Å². The van der Waals surface area contributed by atoms with Crippen molar-refractivity contribution in [3.63, 3.8) is 0 Å². The number of hydrogen-bond acceptors (Lipinski definition) is 6. The lowest BCUT2D eigenvalue weighted by Crippen LogP contribution is -2.43. The zero-order valence-electron chi connectivity index (χ0n) is 18.8. The zero-order chi connectivity index (χ0) is 24.3. The minimum Gasteiger partial charge on any atom is -0.493 e. The predicted octanol–water partition coefficient (Wildman–Crippen LogP) is 4.17. The van der Waals surface area contributed by atoms with Crippen molar-refractivity contribution in [2.75, 3.05) is 20.3 Å². The third kappa shape index (κ3) is 6.79. The van der Waals surface area contributed by atoms with Crippen LogP contribution < -0.4 is 29.8 Å². The molecule has 0 atom stereocenters. The van der Waals surface area contributed by atoms with Gasteiger partial charge in [0.2, 0.25) is 0 Å². The molecule has 0 saturated carbocycles. The third-order valence-corrected chi connectivity index (χ3v) is 4.96. The Morgan fingerprint density at radius 2 is 1.50 bits per heavy atom. The molecule has 0 aliphatic heterocycles. The van der Waals surface area contributed by atoms with Crippen LogP contribution in [-0.4, -0.2) is 32.1 Å². The first kappa shape index (κ1) is 24.7. The summed E-state index contributed by atoms with van der Waals surface area (Å²) in [6.07, 6.45) is 0. The molecular formula is C25H25ClN2O6. The van der Waals surface area contributed by atoms with Crippen LogP contribution in [0.2, 0.25) is 5.02 Å². The van der Waals surface area contributed by atoms with Gasteiger partial charge in [0.1, 0.15) is 6.61 Å². The quantitative estimate of drug-likeness (QED) is 0.419. The Labute approximate surface area is 202 Å². The van der Waals surface area contributed by atoms with E-state index in [0.717, 1.165) is 5.56 Å². The highest BCUT2D eigenvalue weighted by molar-refractivity contribution is 6.31. The number of amides is 2. The molecule has 0 aliphatic carbocycles. The summed E-state index contributed by atoms with van der Waals surface area (Å²) in [5.74, 6) is 0.713. The Balaban J connectivity index is 1.53. The van der Waals surface area contributed by atoms with Gasteiger partial charge < -0.3 is 18.9 Å². The number of halogens is 1. The van der Waals surface area contributed by atoms with Crippen LogP contribution in [0, 0.1) is 0 Å². The van der Waals surface area contributed by atoms with Crippen molar-refractivity contribution in [3.8, 4) is 23.0 Å². The van der Waals surface area contributed by atoms with E-state index in [0.29, 0.717) is 34.6 Å². The highest BCUT2D eigenvalue weighted by atomic mass is 35.5. The lowest BCUT2D eigenvalue weighted by molar-refractivity contribution is -0.123. The van der Waals surface area contributed by atoms with Gasteiger partial charge in [0.25, 0.3) is 11.8 Å². The first-order chi connectivity index (χ1) is 16.5. The highest BCUT2D eigenvalue weighted by Crippen LogP contribution is 2.30. The molecule has 0 radical (unpaired) electrons. The molecule has 3 rings (SSSR count). The van der Waals surface area contributed by atoms with Crippen LogP contribution >= 0.6 is 11.6 Å². The molecule has 0 fully saturated rings. The van der Waals surface area contributed by atoms with Crippen molar-refractivity contribution in [2.24, 2.45) is 0 Å². The minimum absolute atomic E-state index is 0.240. The van der Waals surface area contributed by atoms with Crippen molar-refractivity contribution >= 4 is 23.4 Å². The summed E-state index contributed by atoms with van der Waals surface area (Å²) < 4.78 is 22.1. The van der Waals surface area contributed by atoms with Gasteiger partial charge in [-0.3, -0.25) is 20.4 Å². The predicted molar refractivity (Wildman–Crippen MR) is 127 cm³/mol.